The zero-order valence-corrected chi connectivity index (χ0v) is 9.87. The predicted molar refractivity (Wildman–Crippen MR) is 62.8 cm³/mol. The molecular weight excluding hydrogens is 224 g/mol. The molecule has 0 saturated heterocycles. The normalized spacial score (nSPS) is 20.4. The zero-order chi connectivity index (χ0) is 11.5. The molecule has 0 aromatic heterocycles. The van der Waals surface area contributed by atoms with Gasteiger partial charge in [-0.3, -0.25) is 0 Å². The molecule has 1 unspecified atom stereocenters. The van der Waals surface area contributed by atoms with Crippen LogP contribution in [0, 0.1) is 0 Å². The molecule has 3 nitrogen and oxygen atoms in total. The second kappa shape index (κ2) is 4.89. The quantitative estimate of drug-likeness (QED) is 0.873. The SMILES string of the molecule is C[C@H](OCC1Cc2ccccc2S1)C(=O)O. The highest BCUT2D eigenvalue weighted by molar-refractivity contribution is 8.00. The summed E-state index contributed by atoms with van der Waals surface area (Å²) in [5.74, 6) is -0.902. The molecule has 1 aliphatic rings. The summed E-state index contributed by atoms with van der Waals surface area (Å²) in [5, 5.41) is 9.04. The van der Waals surface area contributed by atoms with Crippen molar-refractivity contribution in [3.63, 3.8) is 0 Å². The zero-order valence-electron chi connectivity index (χ0n) is 9.05. The number of rotatable bonds is 4. The molecule has 16 heavy (non-hydrogen) atoms. The Hall–Kier alpha value is -1.00. The average Bonchev–Trinajstić information content (AvgIpc) is 2.68. The fraction of sp³-hybridized carbons (Fsp3) is 0.417. The average molecular weight is 238 g/mol. The van der Waals surface area contributed by atoms with E-state index >= 15 is 0 Å². The van der Waals surface area contributed by atoms with E-state index in [-0.39, 0.29) is 0 Å². The lowest BCUT2D eigenvalue weighted by Gasteiger charge is -2.12. The van der Waals surface area contributed by atoms with Gasteiger partial charge in [0.1, 0.15) is 0 Å². The van der Waals surface area contributed by atoms with Gasteiger partial charge in [0.05, 0.1) is 6.61 Å². The number of thioether (sulfide) groups is 1. The monoisotopic (exact) mass is 238 g/mol. The van der Waals surface area contributed by atoms with Crippen LogP contribution in [0.4, 0.5) is 0 Å². The number of carboxylic acids is 1. The summed E-state index contributed by atoms with van der Waals surface area (Å²) in [6.45, 7) is 2.06. The molecule has 4 heteroatoms. The van der Waals surface area contributed by atoms with Gasteiger partial charge >= 0.3 is 5.97 Å². The van der Waals surface area contributed by atoms with Crippen molar-refractivity contribution in [3.8, 4) is 0 Å². The smallest absolute Gasteiger partial charge is 0.332 e. The Morgan fingerprint density at radius 1 is 1.62 bits per heavy atom. The minimum absolute atomic E-state index is 0.346. The van der Waals surface area contributed by atoms with Gasteiger partial charge in [-0.1, -0.05) is 18.2 Å². The molecule has 1 heterocycles. The summed E-state index contributed by atoms with van der Waals surface area (Å²) in [7, 11) is 0. The molecule has 0 bridgehead atoms. The van der Waals surface area contributed by atoms with Crippen LogP contribution in [-0.4, -0.2) is 29.0 Å². The lowest BCUT2D eigenvalue weighted by atomic mass is 10.1. The van der Waals surface area contributed by atoms with E-state index in [0.29, 0.717) is 11.9 Å². The Morgan fingerprint density at radius 3 is 3.06 bits per heavy atom. The highest BCUT2D eigenvalue weighted by Gasteiger charge is 2.23. The summed E-state index contributed by atoms with van der Waals surface area (Å²) in [6, 6.07) is 8.26. The summed E-state index contributed by atoms with van der Waals surface area (Å²) in [4.78, 5) is 11.9. The fourth-order valence-corrected chi connectivity index (χ4v) is 2.90. The highest BCUT2D eigenvalue weighted by Crippen LogP contribution is 2.36. The van der Waals surface area contributed by atoms with Crippen molar-refractivity contribution >= 4 is 17.7 Å². The minimum atomic E-state index is -0.902. The van der Waals surface area contributed by atoms with Crippen molar-refractivity contribution < 1.29 is 14.6 Å². The van der Waals surface area contributed by atoms with E-state index in [0.717, 1.165) is 6.42 Å². The Morgan fingerprint density at radius 2 is 2.38 bits per heavy atom. The summed E-state index contributed by atoms with van der Waals surface area (Å²) < 4.78 is 5.30. The molecule has 2 rings (SSSR count). The Bertz CT molecular complexity index is 367. The van der Waals surface area contributed by atoms with Gasteiger partial charge in [-0.05, 0) is 25.0 Å². The standard InChI is InChI=1S/C12H14O3S/c1-8(12(13)14)15-7-10-6-9-4-2-3-5-11(9)16-10/h2-5,8,10H,6-7H2,1H3,(H,13,14)/t8-,10?/m0/s1. The van der Waals surface area contributed by atoms with Crippen LogP contribution < -0.4 is 0 Å². The number of benzene rings is 1. The maximum Gasteiger partial charge on any atom is 0.332 e. The van der Waals surface area contributed by atoms with E-state index in [9.17, 15) is 4.79 Å². The Labute approximate surface area is 98.8 Å². The van der Waals surface area contributed by atoms with E-state index in [2.05, 4.69) is 12.1 Å². The molecule has 2 atom stereocenters. The molecule has 0 spiro atoms. The first-order chi connectivity index (χ1) is 7.66. The van der Waals surface area contributed by atoms with Crippen molar-refractivity contribution in [1.29, 1.82) is 0 Å². The van der Waals surface area contributed by atoms with E-state index in [4.69, 9.17) is 9.84 Å². The molecule has 0 aliphatic carbocycles. The second-order valence-corrected chi connectivity index (χ2v) is 5.21. The van der Waals surface area contributed by atoms with Crippen molar-refractivity contribution in [1.82, 2.24) is 0 Å². The third kappa shape index (κ3) is 2.57. The van der Waals surface area contributed by atoms with Gasteiger partial charge < -0.3 is 9.84 Å². The third-order valence-corrected chi connectivity index (χ3v) is 3.88. The first-order valence-corrected chi connectivity index (χ1v) is 6.14. The summed E-state index contributed by atoms with van der Waals surface area (Å²) in [6.07, 6.45) is 0.247. The Balaban J connectivity index is 1.86. The number of hydrogen-bond acceptors (Lipinski definition) is 3. The maximum absolute atomic E-state index is 10.6. The van der Waals surface area contributed by atoms with Crippen LogP contribution in [0.5, 0.6) is 0 Å². The topological polar surface area (TPSA) is 46.5 Å². The van der Waals surface area contributed by atoms with Crippen LogP contribution in [0.2, 0.25) is 0 Å². The van der Waals surface area contributed by atoms with Crippen LogP contribution in [0.25, 0.3) is 0 Å². The molecule has 1 N–H and O–H groups in total. The number of fused-ring (bicyclic) bond motifs is 1. The van der Waals surface area contributed by atoms with Crippen molar-refractivity contribution in [2.75, 3.05) is 6.61 Å². The first-order valence-electron chi connectivity index (χ1n) is 5.26. The van der Waals surface area contributed by atoms with Crippen molar-refractivity contribution in [2.24, 2.45) is 0 Å². The predicted octanol–water partition coefficient (Wildman–Crippen LogP) is 2.19. The van der Waals surface area contributed by atoms with E-state index in [1.165, 1.54) is 10.5 Å². The number of hydrogen-bond donors (Lipinski definition) is 1. The van der Waals surface area contributed by atoms with Crippen LogP contribution in [0.3, 0.4) is 0 Å². The number of carbonyl (C=O) groups is 1. The number of ether oxygens (including phenoxy) is 1. The van der Waals surface area contributed by atoms with Gasteiger partial charge in [-0.15, -0.1) is 11.8 Å². The number of carboxylic acid groups (broad SMARTS) is 1. The van der Waals surface area contributed by atoms with Crippen LogP contribution in [0.15, 0.2) is 29.2 Å². The van der Waals surface area contributed by atoms with Gasteiger partial charge in [0.15, 0.2) is 6.10 Å². The van der Waals surface area contributed by atoms with Crippen molar-refractivity contribution in [3.05, 3.63) is 29.8 Å². The number of aliphatic carboxylic acids is 1. The molecule has 0 fully saturated rings. The van der Waals surface area contributed by atoms with Gasteiger partial charge in [0.25, 0.3) is 0 Å². The lowest BCUT2D eigenvalue weighted by Crippen LogP contribution is -2.24. The Kier molecular flexibility index (Phi) is 3.51. The van der Waals surface area contributed by atoms with E-state index in [1.807, 2.05) is 12.1 Å². The summed E-state index contributed by atoms with van der Waals surface area (Å²) >= 11 is 1.77. The van der Waals surface area contributed by atoms with Crippen molar-refractivity contribution in [2.45, 2.75) is 29.6 Å². The van der Waals surface area contributed by atoms with Gasteiger partial charge in [-0.25, -0.2) is 4.79 Å². The van der Waals surface area contributed by atoms with E-state index in [1.54, 1.807) is 18.7 Å². The maximum atomic E-state index is 10.6. The minimum Gasteiger partial charge on any atom is -0.479 e. The third-order valence-electron chi connectivity index (χ3n) is 2.59. The van der Waals surface area contributed by atoms with Gasteiger partial charge in [0.2, 0.25) is 0 Å². The molecule has 86 valence electrons. The summed E-state index contributed by atoms with van der Waals surface area (Å²) in [5.41, 5.74) is 1.34. The fourth-order valence-electron chi connectivity index (χ4n) is 1.67. The largest absolute Gasteiger partial charge is 0.479 e. The van der Waals surface area contributed by atoms with Gasteiger partial charge in [-0.2, -0.15) is 0 Å². The molecule has 1 aromatic carbocycles. The molecule has 1 aromatic rings. The van der Waals surface area contributed by atoms with Crippen LogP contribution in [-0.2, 0) is 16.0 Å². The first kappa shape index (κ1) is 11.5. The molecule has 0 radical (unpaired) electrons. The van der Waals surface area contributed by atoms with Gasteiger partial charge in [0, 0.05) is 10.1 Å². The molecule has 0 amide bonds. The second-order valence-electron chi connectivity index (χ2n) is 3.87. The molecule has 1 aliphatic heterocycles. The molecular formula is C12H14O3S. The highest BCUT2D eigenvalue weighted by atomic mass is 32.2. The molecule has 0 saturated carbocycles. The lowest BCUT2D eigenvalue weighted by molar-refractivity contribution is -0.149. The van der Waals surface area contributed by atoms with Crippen LogP contribution in [0.1, 0.15) is 12.5 Å². The van der Waals surface area contributed by atoms with Crippen LogP contribution >= 0.6 is 11.8 Å². The van der Waals surface area contributed by atoms with E-state index < -0.39 is 12.1 Å².